The summed E-state index contributed by atoms with van der Waals surface area (Å²) < 4.78 is 56.8. The van der Waals surface area contributed by atoms with Crippen molar-refractivity contribution in [3.8, 4) is 0 Å². The fraction of sp³-hybridized carbons (Fsp3) is 0.600. The number of fused-ring (bicyclic) bond motifs is 1. The van der Waals surface area contributed by atoms with Crippen LogP contribution in [0.5, 0.6) is 0 Å². The number of imidazole rings is 1. The van der Waals surface area contributed by atoms with Gasteiger partial charge in [-0.1, -0.05) is 0 Å². The third-order valence-corrected chi connectivity index (χ3v) is 8.45. The summed E-state index contributed by atoms with van der Waals surface area (Å²) in [5, 5.41) is 28.7. The van der Waals surface area contributed by atoms with Gasteiger partial charge in [0.2, 0.25) is 0 Å². The van der Waals surface area contributed by atoms with Gasteiger partial charge in [-0.2, -0.15) is 8.62 Å². The van der Waals surface area contributed by atoms with E-state index in [0.29, 0.717) is 0 Å². The molecule has 2 aliphatic rings. The molecule has 8 N–H and O–H groups in total. The lowest BCUT2D eigenvalue weighted by Crippen LogP contribution is -2.33. The highest BCUT2D eigenvalue weighted by molar-refractivity contribution is 7.66. The molecule has 0 saturated carbocycles. The topological polar surface area (TPSA) is 328 Å². The molecule has 39 heavy (non-hydrogen) atoms. The van der Waals surface area contributed by atoms with Crippen molar-refractivity contribution in [2.24, 2.45) is 0 Å². The quantitative estimate of drug-likeness (QED) is 0.118. The largest absolute Gasteiger partial charge is 0.554 e. The van der Waals surface area contributed by atoms with Crippen LogP contribution in [0.4, 0.5) is 5.82 Å². The van der Waals surface area contributed by atoms with Crippen LogP contribution in [0.1, 0.15) is 19.1 Å². The van der Waals surface area contributed by atoms with Crippen LogP contribution in [0, 0.1) is 0 Å². The summed E-state index contributed by atoms with van der Waals surface area (Å²) in [6.45, 7) is 0.544. The number of nitrogens with two attached hydrogens (primary N) is 1. The maximum Gasteiger partial charge on any atom is 0.490 e. The van der Waals surface area contributed by atoms with Crippen LogP contribution in [-0.4, -0.2) is 93.9 Å². The van der Waals surface area contributed by atoms with Gasteiger partial charge in [0, 0.05) is 19.7 Å². The Kier molecular flexibility index (Phi) is 12.0. The Hall–Kier alpha value is -1.93. The lowest BCUT2D eigenvalue weighted by atomic mass is 10.1. The summed E-state index contributed by atoms with van der Waals surface area (Å²) in [4.78, 5) is 55.5. The third kappa shape index (κ3) is 10.2. The standard InChI is InChI=1S/C10H16N5O13P3.C4H8O.CH2O2/c11-8-5-9(13-2-12-8)15(3-14-5)10-7(17)6(16)4(26-10)1-25-30(21,22)28-31(23,24)27-29(18,19)20;1-2-4-5-3-1;2-1-3/h2-4,6-7,10,16-17H,1H2,(H,21,22)(H,23,24)(H2,11,12,13)(H2,18,19,20);1-4H2;1H,(H,2,3)/p-1/t4-,6-,7-,10-;;/m1../s1. The second-order valence-corrected chi connectivity index (χ2v) is 11.9. The van der Waals surface area contributed by atoms with Crippen LogP contribution in [0.15, 0.2) is 12.7 Å². The van der Waals surface area contributed by atoms with Gasteiger partial charge in [0.05, 0.1) is 12.9 Å². The lowest BCUT2D eigenvalue weighted by molar-refractivity contribution is -0.283. The van der Waals surface area contributed by atoms with Gasteiger partial charge in [-0.05, 0) is 12.8 Å². The molecule has 0 aromatic carbocycles. The fourth-order valence-corrected chi connectivity index (χ4v) is 6.16. The number of carbonyl (C=O) groups is 1. The molecule has 4 heterocycles. The summed E-state index contributed by atoms with van der Waals surface area (Å²) in [7, 11) is -16.7. The second-order valence-electron chi connectivity index (χ2n) is 7.43. The van der Waals surface area contributed by atoms with E-state index in [1.54, 1.807) is 0 Å². The highest BCUT2D eigenvalue weighted by Crippen LogP contribution is 2.66. The molecule has 0 bridgehead atoms. The number of anilines is 1. The van der Waals surface area contributed by atoms with Crippen molar-refractivity contribution in [1.29, 1.82) is 0 Å². The van der Waals surface area contributed by atoms with Crippen LogP contribution in [0.25, 0.3) is 11.2 Å². The molecule has 2 aromatic rings. The maximum atomic E-state index is 11.8. The number of carboxylic acid groups (broad SMARTS) is 1. The van der Waals surface area contributed by atoms with Gasteiger partial charge < -0.3 is 54.9 Å². The van der Waals surface area contributed by atoms with E-state index >= 15 is 0 Å². The number of aliphatic hydroxyl groups excluding tert-OH is 2. The van der Waals surface area contributed by atoms with Gasteiger partial charge in [0.25, 0.3) is 0 Å². The second kappa shape index (κ2) is 14.1. The van der Waals surface area contributed by atoms with Crippen molar-refractivity contribution in [3.63, 3.8) is 0 Å². The van der Waals surface area contributed by atoms with Gasteiger partial charge in [-0.25, -0.2) is 28.6 Å². The molecule has 2 aromatic heterocycles. The normalized spacial score (nSPS) is 26.0. The highest BCUT2D eigenvalue weighted by Gasteiger charge is 2.47. The molecule has 6 atom stereocenters. The Bertz CT molecular complexity index is 1230. The predicted molar refractivity (Wildman–Crippen MR) is 122 cm³/mol. The number of ether oxygens (including phenoxy) is 2. The number of nitrogen functional groups attached to an aromatic ring is 1. The minimum atomic E-state index is -5.70. The first-order chi connectivity index (χ1) is 18.1. The average molecular weight is 624 g/mol. The first kappa shape index (κ1) is 33.3. The molecule has 0 radical (unpaired) electrons. The predicted octanol–water partition coefficient (Wildman–Crippen LogP) is -2.47. The minimum Gasteiger partial charge on any atom is -0.554 e. The Morgan fingerprint density at radius 3 is 2.21 bits per heavy atom. The molecule has 2 unspecified atom stereocenters. The van der Waals surface area contributed by atoms with Crippen molar-refractivity contribution in [3.05, 3.63) is 12.7 Å². The lowest BCUT2D eigenvalue weighted by Gasteiger charge is -2.19. The van der Waals surface area contributed by atoms with E-state index in [-0.39, 0.29) is 17.0 Å². The number of nitrogens with zero attached hydrogens (tertiary/aromatic N) is 4. The van der Waals surface area contributed by atoms with Gasteiger partial charge in [0.15, 0.2) is 17.7 Å². The van der Waals surface area contributed by atoms with Gasteiger partial charge in [-0.15, -0.1) is 0 Å². The number of aromatic nitrogens is 4. The van der Waals surface area contributed by atoms with Crippen molar-refractivity contribution in [1.82, 2.24) is 19.5 Å². The molecule has 0 spiro atoms. The number of aliphatic hydroxyl groups is 2. The van der Waals surface area contributed by atoms with E-state index < -0.39 is 61.1 Å². The van der Waals surface area contributed by atoms with Crippen LogP contribution in [-0.2, 0) is 41.1 Å². The van der Waals surface area contributed by atoms with E-state index in [1.807, 2.05) is 0 Å². The average Bonchev–Trinajstić information content (AvgIpc) is 3.55. The van der Waals surface area contributed by atoms with Gasteiger partial charge >= 0.3 is 23.5 Å². The summed E-state index contributed by atoms with van der Waals surface area (Å²) in [6.07, 6.45) is -1.14. The Morgan fingerprint density at radius 1 is 1.05 bits per heavy atom. The molecule has 2 aliphatic heterocycles. The number of phosphoric ester groups is 1. The van der Waals surface area contributed by atoms with Gasteiger partial charge in [-0.3, -0.25) is 9.09 Å². The van der Waals surface area contributed by atoms with E-state index in [4.69, 9.17) is 39.8 Å². The van der Waals surface area contributed by atoms with Crippen molar-refractivity contribution >= 4 is 46.9 Å². The molecule has 222 valence electrons. The first-order valence-electron chi connectivity index (χ1n) is 10.5. The first-order valence-corrected chi connectivity index (χ1v) is 15.0. The minimum absolute atomic E-state index is 0.0426. The van der Waals surface area contributed by atoms with Crippen LogP contribution in [0.2, 0.25) is 0 Å². The number of hydrogen-bond acceptors (Lipinski definition) is 16. The van der Waals surface area contributed by atoms with E-state index in [2.05, 4.69) is 28.1 Å². The summed E-state index contributed by atoms with van der Waals surface area (Å²) in [5.41, 5.74) is 6.00. The maximum absolute atomic E-state index is 11.8. The Balaban J connectivity index is 0.000000577. The van der Waals surface area contributed by atoms with Gasteiger partial charge in [0.1, 0.15) is 30.2 Å². The van der Waals surface area contributed by atoms with E-state index in [1.165, 1.54) is 23.7 Å². The van der Waals surface area contributed by atoms with Crippen LogP contribution in [0.3, 0.4) is 0 Å². The van der Waals surface area contributed by atoms with Crippen molar-refractivity contribution < 1.29 is 76.0 Å². The van der Waals surface area contributed by atoms with Crippen LogP contribution < -0.4 is 10.8 Å². The summed E-state index contributed by atoms with van der Waals surface area (Å²) >= 11 is 0. The van der Waals surface area contributed by atoms with Crippen molar-refractivity contribution in [2.75, 3.05) is 25.6 Å². The Morgan fingerprint density at radius 2 is 1.67 bits per heavy atom. The Labute approximate surface area is 218 Å². The molecule has 0 aliphatic carbocycles. The molecule has 21 nitrogen and oxygen atoms in total. The third-order valence-electron chi connectivity index (χ3n) is 4.64. The molecule has 2 saturated heterocycles. The number of rotatable bonds is 8. The van der Waals surface area contributed by atoms with E-state index in [0.717, 1.165) is 19.5 Å². The zero-order chi connectivity index (χ0) is 29.4. The summed E-state index contributed by atoms with van der Waals surface area (Å²) in [6, 6.07) is 0. The zero-order valence-corrected chi connectivity index (χ0v) is 22.2. The smallest absolute Gasteiger partial charge is 0.490 e. The highest BCUT2D eigenvalue weighted by atomic mass is 31.3. The number of carbonyl (C=O) groups excluding carboxylic acids is 1. The number of hydrogen-bond donors (Lipinski definition) is 7. The molecule has 2 fully saturated rings. The zero-order valence-electron chi connectivity index (χ0n) is 19.6. The molecule has 24 heteroatoms. The SMILES string of the molecule is C1CCOC1.Nc1ncnc2c1ncn2[C@@H]1O[C@H](COP(=O)(O)OP(=O)(O)OP(=O)(O)O)[C@@H](O)[C@H]1O.O=C[O-]. The van der Waals surface area contributed by atoms with Crippen LogP contribution >= 0.6 is 23.5 Å². The van der Waals surface area contributed by atoms with Crippen molar-refractivity contribution in [2.45, 2.75) is 37.4 Å². The molecular formula is C15H25N5O16P3-. The molecular weight excluding hydrogens is 599 g/mol. The van der Waals surface area contributed by atoms with E-state index in [9.17, 15) is 28.8 Å². The molecule has 4 rings (SSSR count). The molecule has 0 amide bonds. The monoisotopic (exact) mass is 624 g/mol. The fourth-order valence-electron chi connectivity index (χ4n) is 3.13. The summed E-state index contributed by atoms with van der Waals surface area (Å²) in [5.74, 6) is 0.0426. The number of phosphoric acid groups is 3.